The lowest BCUT2D eigenvalue weighted by Gasteiger charge is -2.18. The zero-order valence-electron chi connectivity index (χ0n) is 49.2. The first-order valence-electron chi connectivity index (χ1n) is 32.5. The van der Waals surface area contributed by atoms with Gasteiger partial charge in [-0.2, -0.15) is 0 Å². The molecular weight excluding hydrogens is 901 g/mol. The lowest BCUT2D eigenvalue weighted by molar-refractivity contribution is -0.167. The molecule has 0 fully saturated rings. The average molecular weight is 1030 g/mol. The molecule has 0 spiro atoms. The lowest BCUT2D eigenvalue weighted by atomic mass is 10.0. The Morgan fingerprint density at radius 1 is 0.274 bits per heavy atom. The number of ether oxygens (including phenoxy) is 3. The maximum atomic E-state index is 12.9. The first-order chi connectivity index (χ1) is 36.0. The van der Waals surface area contributed by atoms with E-state index in [0.29, 0.717) is 19.3 Å². The largest absolute Gasteiger partial charge is 0.462 e. The summed E-state index contributed by atoms with van der Waals surface area (Å²) < 4.78 is 17.0. The third-order valence-corrected chi connectivity index (χ3v) is 14.6. The van der Waals surface area contributed by atoms with Gasteiger partial charge >= 0.3 is 17.9 Å². The minimum absolute atomic E-state index is 0.0688. The van der Waals surface area contributed by atoms with Gasteiger partial charge in [0.05, 0.1) is 0 Å². The van der Waals surface area contributed by atoms with Crippen LogP contribution in [0.4, 0.5) is 0 Å². The van der Waals surface area contributed by atoms with E-state index in [2.05, 4.69) is 57.2 Å². The van der Waals surface area contributed by atoms with E-state index >= 15 is 0 Å². The van der Waals surface area contributed by atoms with Gasteiger partial charge in [0.25, 0.3) is 0 Å². The fraction of sp³-hybridized carbons (Fsp3) is 0.866. The Morgan fingerprint density at radius 2 is 0.493 bits per heavy atom. The van der Waals surface area contributed by atoms with Crippen LogP contribution in [0, 0.1) is 0 Å². The van der Waals surface area contributed by atoms with E-state index in [-0.39, 0.29) is 31.1 Å². The van der Waals surface area contributed by atoms with Gasteiger partial charge in [-0.1, -0.05) is 314 Å². The van der Waals surface area contributed by atoms with Crippen molar-refractivity contribution in [3.63, 3.8) is 0 Å². The van der Waals surface area contributed by atoms with E-state index < -0.39 is 6.10 Å². The van der Waals surface area contributed by atoms with E-state index in [0.717, 1.165) is 77.0 Å². The predicted octanol–water partition coefficient (Wildman–Crippen LogP) is 22.0. The van der Waals surface area contributed by atoms with Crippen LogP contribution in [-0.2, 0) is 28.6 Å². The molecular formula is C67H124O6. The molecule has 0 aliphatic rings. The Kier molecular flexibility index (Phi) is 60.2. The minimum Gasteiger partial charge on any atom is -0.462 e. The maximum absolute atomic E-state index is 12.9. The van der Waals surface area contributed by atoms with Crippen LogP contribution in [0.2, 0.25) is 0 Å². The third kappa shape index (κ3) is 60.4. The summed E-state index contributed by atoms with van der Waals surface area (Å²) in [6.07, 6.45) is 75.7. The Balaban J connectivity index is 4.30. The number of esters is 3. The summed E-state index contributed by atoms with van der Waals surface area (Å²) >= 11 is 0. The zero-order valence-corrected chi connectivity index (χ0v) is 49.2. The van der Waals surface area contributed by atoms with E-state index in [1.165, 1.54) is 238 Å². The number of hydrogen-bond donors (Lipinski definition) is 0. The van der Waals surface area contributed by atoms with Gasteiger partial charge in [0.2, 0.25) is 0 Å². The highest BCUT2D eigenvalue weighted by molar-refractivity contribution is 5.71. The normalized spacial score (nSPS) is 12.2. The summed E-state index contributed by atoms with van der Waals surface area (Å²) in [6, 6.07) is 0. The molecule has 0 aromatic rings. The molecule has 6 heteroatoms. The van der Waals surface area contributed by atoms with E-state index in [9.17, 15) is 14.4 Å². The van der Waals surface area contributed by atoms with Crippen molar-refractivity contribution in [1.29, 1.82) is 0 Å². The number of hydrogen-bond acceptors (Lipinski definition) is 6. The second kappa shape index (κ2) is 62.2. The molecule has 0 radical (unpaired) electrons. The molecule has 0 saturated heterocycles. The molecule has 6 nitrogen and oxygen atoms in total. The molecule has 0 bridgehead atoms. The van der Waals surface area contributed by atoms with Gasteiger partial charge in [0.1, 0.15) is 13.2 Å². The summed E-state index contributed by atoms with van der Waals surface area (Å²) in [7, 11) is 0. The highest BCUT2D eigenvalue weighted by Gasteiger charge is 2.19. The van der Waals surface area contributed by atoms with Gasteiger partial charge < -0.3 is 14.2 Å². The summed E-state index contributed by atoms with van der Waals surface area (Å²) in [5, 5.41) is 0. The lowest BCUT2D eigenvalue weighted by Crippen LogP contribution is -2.30. The highest BCUT2D eigenvalue weighted by atomic mass is 16.6. The summed E-state index contributed by atoms with van der Waals surface area (Å²) in [5.74, 6) is -0.850. The number of rotatable bonds is 60. The fourth-order valence-electron chi connectivity index (χ4n) is 9.75. The van der Waals surface area contributed by atoms with Crippen molar-refractivity contribution in [2.24, 2.45) is 0 Å². The van der Waals surface area contributed by atoms with Crippen molar-refractivity contribution in [3.8, 4) is 0 Å². The van der Waals surface area contributed by atoms with Crippen molar-refractivity contribution < 1.29 is 28.6 Å². The second-order valence-electron chi connectivity index (χ2n) is 22.0. The SMILES string of the molecule is CCCCCCC/C=C\C/C=C\C/C=C\CCCCCCCCCCC(=O)OCC(COC(=O)CCCCCCCCCCCCCCCC)OC(=O)CCCCCCCCCCCCCCCCCCCC. The molecule has 0 rings (SSSR count). The predicted molar refractivity (Wildman–Crippen MR) is 316 cm³/mol. The Bertz CT molecular complexity index is 1220. The van der Waals surface area contributed by atoms with E-state index in [1.54, 1.807) is 0 Å². The van der Waals surface area contributed by atoms with Crippen LogP contribution in [0.3, 0.4) is 0 Å². The Morgan fingerprint density at radius 3 is 0.767 bits per heavy atom. The van der Waals surface area contributed by atoms with Gasteiger partial charge in [-0.15, -0.1) is 0 Å². The van der Waals surface area contributed by atoms with Crippen molar-refractivity contribution in [3.05, 3.63) is 36.5 Å². The quantitative estimate of drug-likeness (QED) is 0.0261. The maximum Gasteiger partial charge on any atom is 0.306 e. The van der Waals surface area contributed by atoms with Crippen LogP contribution < -0.4 is 0 Å². The fourth-order valence-corrected chi connectivity index (χ4v) is 9.75. The smallest absolute Gasteiger partial charge is 0.306 e. The molecule has 0 aromatic carbocycles. The number of carbonyl (C=O) groups is 3. The van der Waals surface area contributed by atoms with Crippen molar-refractivity contribution >= 4 is 17.9 Å². The van der Waals surface area contributed by atoms with Crippen LogP contribution in [0.5, 0.6) is 0 Å². The molecule has 0 aliphatic carbocycles. The molecule has 0 aromatic heterocycles. The van der Waals surface area contributed by atoms with Crippen LogP contribution in [0.25, 0.3) is 0 Å². The minimum atomic E-state index is -0.772. The second-order valence-corrected chi connectivity index (χ2v) is 22.0. The molecule has 0 heterocycles. The third-order valence-electron chi connectivity index (χ3n) is 14.6. The van der Waals surface area contributed by atoms with Crippen LogP contribution in [0.1, 0.15) is 355 Å². The van der Waals surface area contributed by atoms with Gasteiger partial charge in [0, 0.05) is 19.3 Å². The molecule has 0 aliphatic heterocycles. The Labute approximate surface area is 455 Å². The molecule has 1 atom stereocenters. The van der Waals surface area contributed by atoms with Gasteiger partial charge in [-0.25, -0.2) is 0 Å². The zero-order chi connectivity index (χ0) is 52.9. The van der Waals surface area contributed by atoms with Gasteiger partial charge in [-0.05, 0) is 57.8 Å². The molecule has 1 unspecified atom stereocenters. The van der Waals surface area contributed by atoms with Crippen molar-refractivity contribution in [2.75, 3.05) is 13.2 Å². The van der Waals surface area contributed by atoms with Gasteiger partial charge in [0.15, 0.2) is 6.10 Å². The van der Waals surface area contributed by atoms with Crippen LogP contribution >= 0.6 is 0 Å². The summed E-state index contributed by atoms with van der Waals surface area (Å²) in [4.78, 5) is 38.3. The molecule has 0 amide bonds. The molecule has 73 heavy (non-hydrogen) atoms. The average Bonchev–Trinajstić information content (AvgIpc) is 3.39. The van der Waals surface area contributed by atoms with Crippen LogP contribution in [0.15, 0.2) is 36.5 Å². The number of allylic oxidation sites excluding steroid dienone is 6. The monoisotopic (exact) mass is 1020 g/mol. The summed E-state index contributed by atoms with van der Waals surface area (Å²) in [6.45, 7) is 6.69. The first kappa shape index (κ1) is 70.6. The van der Waals surface area contributed by atoms with E-state index in [1.807, 2.05) is 0 Å². The van der Waals surface area contributed by atoms with Crippen molar-refractivity contribution in [1.82, 2.24) is 0 Å². The number of carbonyl (C=O) groups excluding carboxylic acids is 3. The number of unbranched alkanes of at least 4 members (excludes halogenated alkanes) is 43. The van der Waals surface area contributed by atoms with Gasteiger partial charge in [-0.3, -0.25) is 14.4 Å². The summed E-state index contributed by atoms with van der Waals surface area (Å²) in [5.41, 5.74) is 0. The molecule has 428 valence electrons. The molecule has 0 saturated carbocycles. The first-order valence-corrected chi connectivity index (χ1v) is 32.5. The Hall–Kier alpha value is -2.37. The molecule has 0 N–H and O–H groups in total. The van der Waals surface area contributed by atoms with E-state index in [4.69, 9.17) is 14.2 Å². The standard InChI is InChI=1S/C67H124O6/c1-4-7-10-13-16-19-22-25-28-30-32-33-34-35-36-38-39-42-45-48-51-54-57-60-66(69)72-63-64(62-71-65(68)59-56-53-50-47-44-41-27-24-21-18-15-12-9-6-3)73-67(70)61-58-55-52-49-46-43-40-37-31-29-26-23-20-17-14-11-8-5-2/h22,25,30,32,34-35,64H,4-21,23-24,26-29,31,33,36-63H2,1-3H3/b25-22-,32-30-,35-34-. The highest BCUT2D eigenvalue weighted by Crippen LogP contribution is 2.18. The van der Waals surface area contributed by atoms with Crippen molar-refractivity contribution in [2.45, 2.75) is 361 Å². The topological polar surface area (TPSA) is 78.9 Å². The van der Waals surface area contributed by atoms with Crippen LogP contribution in [-0.4, -0.2) is 37.2 Å².